The predicted molar refractivity (Wildman–Crippen MR) is 230 cm³/mol. The van der Waals surface area contributed by atoms with Gasteiger partial charge in [0.1, 0.15) is 0 Å². The van der Waals surface area contributed by atoms with Crippen LogP contribution < -0.4 is 0 Å². The summed E-state index contributed by atoms with van der Waals surface area (Å²) in [7, 11) is 0. The van der Waals surface area contributed by atoms with Crippen molar-refractivity contribution in [3.05, 3.63) is 200 Å². The van der Waals surface area contributed by atoms with Crippen LogP contribution in [-0.4, -0.2) is 24.1 Å². The van der Waals surface area contributed by atoms with Gasteiger partial charge in [0.15, 0.2) is 11.6 Å². The lowest BCUT2D eigenvalue weighted by molar-refractivity contribution is 0.954. The van der Waals surface area contributed by atoms with E-state index in [2.05, 4.69) is 173 Å². The minimum atomic E-state index is 0.571. The van der Waals surface area contributed by atoms with Crippen LogP contribution in [0.15, 0.2) is 200 Å². The molecule has 0 N–H and O–H groups in total. The molecule has 3 aromatic heterocycles. The van der Waals surface area contributed by atoms with Crippen LogP contribution in [0.25, 0.3) is 100 Å². The molecule has 0 atom stereocenters. The molecule has 3 heterocycles. The van der Waals surface area contributed by atoms with Crippen LogP contribution in [0.3, 0.4) is 0 Å². The van der Waals surface area contributed by atoms with E-state index in [1.165, 1.54) is 22.1 Å². The lowest BCUT2D eigenvalue weighted by Gasteiger charge is -2.11. The topological polar surface area (TPSA) is 48.5 Å². The predicted octanol–water partition coefficient (Wildman–Crippen LogP) is 12.7. The standard InChI is InChI=1S/C51H33N5/c1-6-16-34(17-7-1)38-26-28-45-41(30-38)43-33-48-44(32-47(43)55(45)40-24-14-5-15-25-40)42-31-39(35-18-8-2-9-19-35)27-29-46(42)56(48)51-53-49(36-20-10-3-11-21-36)52-50(54-51)37-22-12-4-13-23-37/h1-33H. The number of para-hydroxylation sites is 1. The van der Waals surface area contributed by atoms with Gasteiger partial charge in [0.05, 0.1) is 22.1 Å². The number of hydrogen-bond donors (Lipinski definition) is 0. The van der Waals surface area contributed by atoms with Gasteiger partial charge in [-0.2, -0.15) is 9.97 Å². The number of nitrogens with zero attached hydrogens (tertiary/aromatic N) is 5. The van der Waals surface area contributed by atoms with E-state index >= 15 is 0 Å². The zero-order valence-corrected chi connectivity index (χ0v) is 30.3. The van der Waals surface area contributed by atoms with Crippen molar-refractivity contribution in [2.45, 2.75) is 0 Å². The highest BCUT2D eigenvalue weighted by atomic mass is 15.2. The Morgan fingerprint density at radius 1 is 0.268 bits per heavy atom. The first-order chi connectivity index (χ1) is 27.8. The number of aromatic nitrogens is 5. The molecule has 11 rings (SSSR count). The molecule has 262 valence electrons. The summed E-state index contributed by atoms with van der Waals surface area (Å²) in [6.07, 6.45) is 0. The third-order valence-electron chi connectivity index (χ3n) is 10.8. The molecule has 8 aromatic carbocycles. The summed E-state index contributed by atoms with van der Waals surface area (Å²) in [4.78, 5) is 15.5. The van der Waals surface area contributed by atoms with Crippen LogP contribution >= 0.6 is 0 Å². The van der Waals surface area contributed by atoms with Crippen LogP contribution in [0.5, 0.6) is 0 Å². The Hall–Kier alpha value is -7.63. The summed E-state index contributed by atoms with van der Waals surface area (Å²) in [6, 6.07) is 70.5. The Morgan fingerprint density at radius 2 is 0.643 bits per heavy atom. The second kappa shape index (κ2) is 13.0. The van der Waals surface area contributed by atoms with E-state index < -0.39 is 0 Å². The van der Waals surface area contributed by atoms with Crippen LogP contribution in [0, 0.1) is 0 Å². The van der Waals surface area contributed by atoms with Gasteiger partial charge in [-0.25, -0.2) is 4.98 Å². The third kappa shape index (κ3) is 5.29. The fourth-order valence-corrected chi connectivity index (χ4v) is 8.12. The van der Waals surface area contributed by atoms with Crippen LogP contribution in [0.1, 0.15) is 0 Å². The SMILES string of the molecule is c1ccc(-c2ccc3c(c2)c2cc4c(cc2n3-c2ccccc2)c2cc(-c3ccccc3)ccc2n4-c2nc(-c3ccccc3)nc(-c3ccccc3)n2)cc1. The molecule has 0 bridgehead atoms. The van der Waals surface area contributed by atoms with Crippen molar-refractivity contribution in [1.82, 2.24) is 24.1 Å². The molecule has 0 amide bonds. The summed E-state index contributed by atoms with van der Waals surface area (Å²) < 4.78 is 4.62. The normalized spacial score (nSPS) is 11.6. The van der Waals surface area contributed by atoms with Gasteiger partial charge in [0.25, 0.3) is 0 Å². The Labute approximate surface area is 323 Å². The molecule has 0 saturated heterocycles. The van der Waals surface area contributed by atoms with Crippen molar-refractivity contribution in [3.63, 3.8) is 0 Å². The van der Waals surface area contributed by atoms with Gasteiger partial charge in [-0.3, -0.25) is 4.57 Å². The maximum Gasteiger partial charge on any atom is 0.238 e. The molecule has 0 aliphatic rings. The Morgan fingerprint density at radius 3 is 1.11 bits per heavy atom. The van der Waals surface area contributed by atoms with E-state index in [4.69, 9.17) is 15.0 Å². The zero-order chi connectivity index (χ0) is 37.0. The van der Waals surface area contributed by atoms with E-state index in [0.717, 1.165) is 60.6 Å². The number of fused-ring (bicyclic) bond motifs is 6. The monoisotopic (exact) mass is 715 g/mol. The molecule has 0 fully saturated rings. The molecule has 0 aliphatic carbocycles. The fraction of sp³-hybridized carbons (Fsp3) is 0. The van der Waals surface area contributed by atoms with Crippen molar-refractivity contribution in [2.24, 2.45) is 0 Å². The number of hydrogen-bond acceptors (Lipinski definition) is 3. The van der Waals surface area contributed by atoms with Gasteiger partial charge in [-0.15, -0.1) is 0 Å². The average molecular weight is 716 g/mol. The van der Waals surface area contributed by atoms with Crippen molar-refractivity contribution in [2.75, 3.05) is 0 Å². The first-order valence-electron chi connectivity index (χ1n) is 18.9. The molecule has 5 nitrogen and oxygen atoms in total. The third-order valence-corrected chi connectivity index (χ3v) is 10.8. The molecule has 56 heavy (non-hydrogen) atoms. The highest BCUT2D eigenvalue weighted by Gasteiger charge is 2.22. The molecule has 11 aromatic rings. The van der Waals surface area contributed by atoms with Crippen molar-refractivity contribution < 1.29 is 0 Å². The van der Waals surface area contributed by atoms with Crippen molar-refractivity contribution >= 4 is 43.6 Å². The smallest absolute Gasteiger partial charge is 0.238 e. The second-order valence-corrected chi connectivity index (χ2v) is 14.1. The first-order valence-corrected chi connectivity index (χ1v) is 18.9. The minimum Gasteiger partial charge on any atom is -0.309 e. The lowest BCUT2D eigenvalue weighted by atomic mass is 10.0. The number of benzene rings is 8. The fourth-order valence-electron chi connectivity index (χ4n) is 8.12. The Kier molecular flexibility index (Phi) is 7.42. The summed E-state index contributed by atoms with van der Waals surface area (Å²) in [5.74, 6) is 1.82. The van der Waals surface area contributed by atoms with E-state index in [1.807, 2.05) is 36.4 Å². The second-order valence-electron chi connectivity index (χ2n) is 14.1. The van der Waals surface area contributed by atoms with Crippen LogP contribution in [-0.2, 0) is 0 Å². The van der Waals surface area contributed by atoms with E-state index in [9.17, 15) is 0 Å². The summed E-state index contributed by atoms with van der Waals surface area (Å²) in [6.45, 7) is 0. The summed E-state index contributed by atoms with van der Waals surface area (Å²) in [5, 5.41) is 4.58. The molecular formula is C51H33N5. The van der Waals surface area contributed by atoms with Crippen molar-refractivity contribution in [1.29, 1.82) is 0 Å². The van der Waals surface area contributed by atoms with Gasteiger partial charge in [-0.1, -0.05) is 152 Å². The van der Waals surface area contributed by atoms with Gasteiger partial charge in [0, 0.05) is 38.4 Å². The Balaban J connectivity index is 1.27. The van der Waals surface area contributed by atoms with Crippen LogP contribution in [0.2, 0.25) is 0 Å². The lowest BCUT2D eigenvalue weighted by Crippen LogP contribution is -2.06. The maximum atomic E-state index is 5.24. The largest absolute Gasteiger partial charge is 0.309 e. The molecule has 0 saturated carbocycles. The van der Waals surface area contributed by atoms with Gasteiger partial charge in [0.2, 0.25) is 5.95 Å². The summed E-state index contributed by atoms with van der Waals surface area (Å²) >= 11 is 0. The molecule has 0 aliphatic heterocycles. The number of rotatable bonds is 6. The molecular weight excluding hydrogens is 683 g/mol. The quantitative estimate of drug-likeness (QED) is 0.172. The van der Waals surface area contributed by atoms with Crippen molar-refractivity contribution in [3.8, 4) is 56.7 Å². The summed E-state index contributed by atoms with van der Waals surface area (Å²) in [5.41, 5.74) is 12.0. The van der Waals surface area contributed by atoms with E-state index in [-0.39, 0.29) is 0 Å². The minimum absolute atomic E-state index is 0.571. The highest BCUT2D eigenvalue weighted by molar-refractivity contribution is 6.19. The molecule has 0 radical (unpaired) electrons. The zero-order valence-electron chi connectivity index (χ0n) is 30.3. The van der Waals surface area contributed by atoms with E-state index in [0.29, 0.717) is 17.6 Å². The van der Waals surface area contributed by atoms with Gasteiger partial charge < -0.3 is 4.57 Å². The Bertz CT molecular complexity index is 3150. The first kappa shape index (κ1) is 31.9. The molecule has 0 unspecified atom stereocenters. The average Bonchev–Trinajstić information content (AvgIpc) is 3.78. The van der Waals surface area contributed by atoms with Gasteiger partial charge in [-0.05, 0) is 70.8 Å². The van der Waals surface area contributed by atoms with Crippen LogP contribution in [0.4, 0.5) is 0 Å². The molecule has 0 spiro atoms. The van der Waals surface area contributed by atoms with Gasteiger partial charge >= 0.3 is 0 Å². The molecule has 5 heteroatoms. The maximum absolute atomic E-state index is 5.24. The van der Waals surface area contributed by atoms with E-state index in [1.54, 1.807) is 0 Å². The highest BCUT2D eigenvalue weighted by Crippen LogP contribution is 2.41.